The van der Waals surface area contributed by atoms with Crippen LogP contribution in [-0.2, 0) is 4.74 Å². The van der Waals surface area contributed by atoms with Crippen molar-refractivity contribution in [1.82, 2.24) is 0 Å². The van der Waals surface area contributed by atoms with Crippen molar-refractivity contribution in [1.29, 1.82) is 0 Å². The van der Waals surface area contributed by atoms with Crippen molar-refractivity contribution in [3.8, 4) is 0 Å². The summed E-state index contributed by atoms with van der Waals surface area (Å²) in [5, 5.41) is 9.91. The highest BCUT2D eigenvalue weighted by Crippen LogP contribution is 2.23. The van der Waals surface area contributed by atoms with Crippen LogP contribution in [0, 0.1) is 11.6 Å². The Morgan fingerprint density at radius 3 is 2.50 bits per heavy atom. The Hall–Kier alpha value is -1.00. The molecule has 4 heteroatoms. The minimum atomic E-state index is -0.956. The molecule has 2 nitrogen and oxygen atoms in total. The van der Waals surface area contributed by atoms with Crippen LogP contribution in [0.3, 0.4) is 0 Å². The summed E-state index contributed by atoms with van der Waals surface area (Å²) in [5.74, 6) is -1.87. The van der Waals surface area contributed by atoms with Crippen molar-refractivity contribution >= 4 is 0 Å². The Balaban J connectivity index is 2.85. The minimum absolute atomic E-state index is 0.333. The minimum Gasteiger partial charge on any atom is -0.386 e. The molecule has 0 spiro atoms. The van der Waals surface area contributed by atoms with E-state index >= 15 is 0 Å². The summed E-state index contributed by atoms with van der Waals surface area (Å²) in [5.41, 5.74) is 0.333. The second-order valence-electron chi connectivity index (χ2n) is 3.68. The lowest BCUT2D eigenvalue weighted by Gasteiger charge is -2.21. The van der Waals surface area contributed by atoms with E-state index in [1.54, 1.807) is 0 Å². The number of halogens is 2. The molecule has 1 aromatic rings. The van der Waals surface area contributed by atoms with E-state index in [4.69, 9.17) is 4.74 Å². The van der Waals surface area contributed by atoms with E-state index < -0.39 is 23.8 Å². The van der Waals surface area contributed by atoms with Gasteiger partial charge in [-0.25, -0.2) is 8.78 Å². The first-order chi connectivity index (χ1) is 7.60. The molecule has 0 bridgehead atoms. The molecule has 1 rings (SSSR count). The standard InChI is InChI=1S/C12H16F2O2/c1-3-4-11(16-2)12(15)8-5-6-9(13)10(14)7-8/h5-7,11-12,15H,3-4H2,1-2H3. The normalized spacial score (nSPS) is 14.8. The lowest BCUT2D eigenvalue weighted by atomic mass is 10.0. The van der Waals surface area contributed by atoms with Crippen LogP contribution in [0.2, 0.25) is 0 Å². The van der Waals surface area contributed by atoms with E-state index in [-0.39, 0.29) is 0 Å². The third-order valence-electron chi connectivity index (χ3n) is 2.51. The zero-order chi connectivity index (χ0) is 12.1. The van der Waals surface area contributed by atoms with Crippen molar-refractivity contribution in [3.63, 3.8) is 0 Å². The predicted octanol–water partition coefficient (Wildman–Crippen LogP) is 2.81. The second-order valence-corrected chi connectivity index (χ2v) is 3.68. The molecule has 2 atom stereocenters. The maximum atomic E-state index is 13.0. The molecule has 2 unspecified atom stereocenters. The largest absolute Gasteiger partial charge is 0.386 e. The van der Waals surface area contributed by atoms with E-state index in [1.807, 2.05) is 6.92 Å². The molecule has 0 saturated heterocycles. The summed E-state index contributed by atoms with van der Waals surface area (Å²) >= 11 is 0. The van der Waals surface area contributed by atoms with Crippen LogP contribution in [0.15, 0.2) is 18.2 Å². The predicted molar refractivity (Wildman–Crippen MR) is 57.0 cm³/mol. The maximum Gasteiger partial charge on any atom is 0.159 e. The molecule has 90 valence electrons. The quantitative estimate of drug-likeness (QED) is 0.842. The number of rotatable bonds is 5. The van der Waals surface area contributed by atoms with Crippen LogP contribution >= 0.6 is 0 Å². The van der Waals surface area contributed by atoms with E-state index in [0.717, 1.165) is 18.6 Å². The van der Waals surface area contributed by atoms with Gasteiger partial charge in [-0.2, -0.15) is 0 Å². The van der Waals surface area contributed by atoms with Crippen LogP contribution < -0.4 is 0 Å². The van der Waals surface area contributed by atoms with Crippen LogP contribution in [-0.4, -0.2) is 18.3 Å². The van der Waals surface area contributed by atoms with Crippen LogP contribution in [0.5, 0.6) is 0 Å². The second kappa shape index (κ2) is 5.92. The highest BCUT2D eigenvalue weighted by molar-refractivity contribution is 5.20. The third-order valence-corrected chi connectivity index (χ3v) is 2.51. The van der Waals surface area contributed by atoms with E-state index in [2.05, 4.69) is 0 Å². The van der Waals surface area contributed by atoms with Crippen molar-refractivity contribution in [3.05, 3.63) is 35.4 Å². The van der Waals surface area contributed by atoms with Crippen LogP contribution in [0.1, 0.15) is 31.4 Å². The Morgan fingerprint density at radius 1 is 1.31 bits per heavy atom. The summed E-state index contributed by atoms with van der Waals surface area (Å²) < 4.78 is 30.8. The molecule has 0 aliphatic carbocycles. The van der Waals surface area contributed by atoms with Gasteiger partial charge in [0.15, 0.2) is 11.6 Å². The van der Waals surface area contributed by atoms with Crippen molar-refractivity contribution in [2.75, 3.05) is 7.11 Å². The van der Waals surface area contributed by atoms with Gasteiger partial charge < -0.3 is 9.84 Å². The highest BCUT2D eigenvalue weighted by Gasteiger charge is 2.20. The van der Waals surface area contributed by atoms with Gasteiger partial charge in [-0.3, -0.25) is 0 Å². The van der Waals surface area contributed by atoms with Crippen molar-refractivity contribution < 1.29 is 18.6 Å². The lowest BCUT2D eigenvalue weighted by molar-refractivity contribution is -0.0181. The number of methoxy groups -OCH3 is 1. The summed E-state index contributed by atoms with van der Waals surface area (Å²) in [4.78, 5) is 0. The van der Waals surface area contributed by atoms with Crippen LogP contribution in [0.4, 0.5) is 8.78 Å². The topological polar surface area (TPSA) is 29.5 Å². The molecule has 16 heavy (non-hydrogen) atoms. The van der Waals surface area contributed by atoms with Gasteiger partial charge in [-0.05, 0) is 24.1 Å². The molecular formula is C12H16F2O2. The average molecular weight is 230 g/mol. The number of benzene rings is 1. The fourth-order valence-electron chi connectivity index (χ4n) is 1.60. The van der Waals surface area contributed by atoms with Crippen molar-refractivity contribution in [2.24, 2.45) is 0 Å². The summed E-state index contributed by atoms with van der Waals surface area (Å²) in [7, 11) is 1.49. The zero-order valence-corrected chi connectivity index (χ0v) is 9.41. The number of aliphatic hydroxyl groups excluding tert-OH is 1. The van der Waals surface area contributed by atoms with Crippen molar-refractivity contribution in [2.45, 2.75) is 32.0 Å². The molecule has 0 aliphatic rings. The lowest BCUT2D eigenvalue weighted by Crippen LogP contribution is -2.20. The van der Waals surface area contributed by atoms with Gasteiger partial charge >= 0.3 is 0 Å². The monoisotopic (exact) mass is 230 g/mol. The number of aliphatic hydroxyl groups is 1. The number of ether oxygens (including phenoxy) is 1. The van der Waals surface area contributed by atoms with E-state index in [9.17, 15) is 13.9 Å². The molecule has 0 radical (unpaired) electrons. The molecule has 0 heterocycles. The molecule has 1 aromatic carbocycles. The van der Waals surface area contributed by atoms with Gasteiger partial charge in [0.25, 0.3) is 0 Å². The Bertz CT molecular complexity index is 342. The first kappa shape index (κ1) is 13.1. The molecule has 0 saturated carbocycles. The van der Waals surface area contributed by atoms with Gasteiger partial charge in [-0.1, -0.05) is 19.4 Å². The van der Waals surface area contributed by atoms with Gasteiger partial charge in [0, 0.05) is 7.11 Å². The van der Waals surface area contributed by atoms with Gasteiger partial charge in [0.05, 0.1) is 6.10 Å². The molecule has 1 N–H and O–H groups in total. The first-order valence-corrected chi connectivity index (χ1v) is 5.26. The van der Waals surface area contributed by atoms with E-state index in [1.165, 1.54) is 13.2 Å². The molecule has 0 amide bonds. The smallest absolute Gasteiger partial charge is 0.159 e. The fourth-order valence-corrected chi connectivity index (χ4v) is 1.60. The van der Waals surface area contributed by atoms with E-state index in [0.29, 0.717) is 12.0 Å². The third kappa shape index (κ3) is 3.00. The summed E-state index contributed by atoms with van der Waals surface area (Å²) in [6.45, 7) is 1.96. The Kier molecular flexibility index (Phi) is 4.83. The summed E-state index contributed by atoms with van der Waals surface area (Å²) in [6, 6.07) is 3.37. The highest BCUT2D eigenvalue weighted by atomic mass is 19.2. The first-order valence-electron chi connectivity index (χ1n) is 5.26. The molecule has 0 fully saturated rings. The molecule has 0 aromatic heterocycles. The molecular weight excluding hydrogens is 214 g/mol. The SMILES string of the molecule is CCCC(OC)C(O)c1ccc(F)c(F)c1. The average Bonchev–Trinajstić information content (AvgIpc) is 2.28. The zero-order valence-electron chi connectivity index (χ0n) is 9.41. The molecule has 0 aliphatic heterocycles. The number of hydrogen-bond donors (Lipinski definition) is 1. The van der Waals surface area contributed by atoms with Gasteiger partial charge in [-0.15, -0.1) is 0 Å². The maximum absolute atomic E-state index is 13.0. The fraction of sp³-hybridized carbons (Fsp3) is 0.500. The van der Waals surface area contributed by atoms with Gasteiger partial charge in [0.1, 0.15) is 6.10 Å². The summed E-state index contributed by atoms with van der Waals surface area (Å²) in [6.07, 6.45) is 0.186. The number of hydrogen-bond acceptors (Lipinski definition) is 2. The van der Waals surface area contributed by atoms with Gasteiger partial charge in [0.2, 0.25) is 0 Å². The Morgan fingerprint density at radius 2 is 2.00 bits per heavy atom. The Labute approximate surface area is 93.9 Å². The van der Waals surface area contributed by atoms with Crippen LogP contribution in [0.25, 0.3) is 0 Å².